The average molecular weight is 297 g/mol. The predicted octanol–water partition coefficient (Wildman–Crippen LogP) is 3.22. The van der Waals surface area contributed by atoms with Gasteiger partial charge in [0.05, 0.1) is 11.6 Å². The lowest BCUT2D eigenvalue weighted by Crippen LogP contribution is -2.31. The van der Waals surface area contributed by atoms with Gasteiger partial charge in [0.1, 0.15) is 11.6 Å². The van der Waals surface area contributed by atoms with Crippen molar-refractivity contribution in [1.82, 2.24) is 9.88 Å². The van der Waals surface area contributed by atoms with Gasteiger partial charge in [0.2, 0.25) is 0 Å². The molecule has 0 aliphatic heterocycles. The third-order valence-electron chi connectivity index (χ3n) is 2.89. The van der Waals surface area contributed by atoms with Gasteiger partial charge in [-0.15, -0.1) is 0 Å². The van der Waals surface area contributed by atoms with Crippen LogP contribution in [0.4, 0.5) is 0 Å². The Hall–Kier alpha value is -2.32. The van der Waals surface area contributed by atoms with E-state index in [1.807, 2.05) is 43.3 Å². The van der Waals surface area contributed by atoms with Crippen LogP contribution in [0, 0.1) is 11.3 Å². The number of benzene rings is 1. The molecule has 1 amide bonds. The molecule has 0 saturated carbocycles. The fourth-order valence-electron chi connectivity index (χ4n) is 1.82. The summed E-state index contributed by atoms with van der Waals surface area (Å²) >= 11 is 1.45. The SMILES string of the molecule is CCN(CC#N)C(=O)c1cccnc1Sc1ccccc1. The number of aromatic nitrogens is 1. The summed E-state index contributed by atoms with van der Waals surface area (Å²) < 4.78 is 0. The van der Waals surface area contributed by atoms with Crippen LogP contribution in [0.2, 0.25) is 0 Å². The molecular formula is C16H15N3OS. The van der Waals surface area contributed by atoms with E-state index in [1.54, 1.807) is 18.3 Å². The quantitative estimate of drug-likeness (QED) is 0.795. The Bertz CT molecular complexity index is 652. The zero-order chi connectivity index (χ0) is 15.1. The van der Waals surface area contributed by atoms with Gasteiger partial charge < -0.3 is 4.90 Å². The first-order chi connectivity index (χ1) is 10.3. The minimum Gasteiger partial charge on any atom is -0.326 e. The van der Waals surface area contributed by atoms with E-state index in [-0.39, 0.29) is 12.5 Å². The van der Waals surface area contributed by atoms with Crippen LogP contribution in [0.1, 0.15) is 17.3 Å². The first-order valence-corrected chi connectivity index (χ1v) is 7.42. The molecule has 0 unspecified atom stereocenters. The van der Waals surface area contributed by atoms with Gasteiger partial charge in [0.15, 0.2) is 0 Å². The summed E-state index contributed by atoms with van der Waals surface area (Å²) in [5.41, 5.74) is 0.531. The van der Waals surface area contributed by atoms with Crippen molar-refractivity contribution in [1.29, 1.82) is 5.26 Å². The highest BCUT2D eigenvalue weighted by Gasteiger charge is 2.18. The summed E-state index contributed by atoms with van der Waals surface area (Å²) in [6.07, 6.45) is 1.67. The fraction of sp³-hybridized carbons (Fsp3) is 0.188. The number of carbonyl (C=O) groups excluding carboxylic acids is 1. The minimum atomic E-state index is -0.161. The molecule has 0 saturated heterocycles. The molecule has 0 fully saturated rings. The standard InChI is InChI=1S/C16H15N3OS/c1-2-19(12-10-17)16(20)14-9-6-11-18-15(14)21-13-7-4-3-5-8-13/h3-9,11H,2,12H2,1H3. The van der Waals surface area contributed by atoms with Crippen LogP contribution in [0.3, 0.4) is 0 Å². The molecule has 0 aliphatic carbocycles. The van der Waals surface area contributed by atoms with Crippen molar-refractivity contribution in [2.75, 3.05) is 13.1 Å². The Kier molecular flexibility index (Phi) is 5.35. The lowest BCUT2D eigenvalue weighted by atomic mass is 10.2. The monoisotopic (exact) mass is 297 g/mol. The summed E-state index contributed by atoms with van der Waals surface area (Å²) in [5.74, 6) is -0.161. The zero-order valence-electron chi connectivity index (χ0n) is 11.7. The maximum Gasteiger partial charge on any atom is 0.257 e. The molecule has 21 heavy (non-hydrogen) atoms. The van der Waals surface area contributed by atoms with Crippen molar-refractivity contribution in [2.45, 2.75) is 16.8 Å². The topological polar surface area (TPSA) is 57.0 Å². The van der Waals surface area contributed by atoms with Crippen molar-refractivity contribution >= 4 is 17.7 Å². The molecule has 0 atom stereocenters. The van der Waals surface area contributed by atoms with Crippen LogP contribution in [0.15, 0.2) is 58.6 Å². The second-order valence-corrected chi connectivity index (χ2v) is 5.31. The lowest BCUT2D eigenvalue weighted by Gasteiger charge is -2.18. The lowest BCUT2D eigenvalue weighted by molar-refractivity contribution is 0.0780. The van der Waals surface area contributed by atoms with Gasteiger partial charge in [-0.2, -0.15) is 5.26 Å². The second-order valence-electron chi connectivity index (χ2n) is 4.25. The summed E-state index contributed by atoms with van der Waals surface area (Å²) in [6.45, 7) is 2.44. The summed E-state index contributed by atoms with van der Waals surface area (Å²) in [5, 5.41) is 9.46. The normalized spacial score (nSPS) is 9.90. The van der Waals surface area contributed by atoms with E-state index in [4.69, 9.17) is 5.26 Å². The number of pyridine rings is 1. The smallest absolute Gasteiger partial charge is 0.257 e. The summed E-state index contributed by atoms with van der Waals surface area (Å²) in [6, 6.07) is 15.3. The van der Waals surface area contributed by atoms with E-state index in [2.05, 4.69) is 4.98 Å². The van der Waals surface area contributed by atoms with Crippen LogP contribution in [-0.4, -0.2) is 28.9 Å². The molecule has 2 aromatic rings. The molecule has 2 rings (SSSR count). The Balaban J connectivity index is 2.28. The van der Waals surface area contributed by atoms with Crippen molar-refractivity contribution in [3.63, 3.8) is 0 Å². The van der Waals surface area contributed by atoms with Gasteiger partial charge in [-0.3, -0.25) is 4.79 Å². The number of nitrogens with zero attached hydrogens (tertiary/aromatic N) is 3. The van der Waals surface area contributed by atoms with E-state index in [0.29, 0.717) is 17.1 Å². The van der Waals surface area contributed by atoms with E-state index >= 15 is 0 Å². The van der Waals surface area contributed by atoms with Crippen LogP contribution in [0.25, 0.3) is 0 Å². The van der Waals surface area contributed by atoms with Gasteiger partial charge in [-0.25, -0.2) is 4.98 Å². The van der Waals surface area contributed by atoms with Gasteiger partial charge in [0, 0.05) is 17.6 Å². The van der Waals surface area contributed by atoms with E-state index < -0.39 is 0 Å². The van der Waals surface area contributed by atoms with Gasteiger partial charge >= 0.3 is 0 Å². The first-order valence-electron chi connectivity index (χ1n) is 6.60. The van der Waals surface area contributed by atoms with Crippen LogP contribution >= 0.6 is 11.8 Å². The summed E-state index contributed by atoms with van der Waals surface area (Å²) in [7, 11) is 0. The number of hydrogen-bond acceptors (Lipinski definition) is 4. The molecule has 0 aliphatic rings. The van der Waals surface area contributed by atoms with Crippen molar-refractivity contribution in [2.24, 2.45) is 0 Å². The highest BCUT2D eigenvalue weighted by molar-refractivity contribution is 7.99. The number of amides is 1. The van der Waals surface area contributed by atoms with E-state index in [9.17, 15) is 4.79 Å². The zero-order valence-corrected chi connectivity index (χ0v) is 12.5. The summed E-state index contributed by atoms with van der Waals surface area (Å²) in [4.78, 5) is 19.3. The van der Waals surface area contributed by atoms with Gasteiger partial charge in [0.25, 0.3) is 5.91 Å². The molecule has 5 heteroatoms. The Morgan fingerprint density at radius 3 is 2.71 bits per heavy atom. The van der Waals surface area contributed by atoms with Gasteiger partial charge in [-0.1, -0.05) is 30.0 Å². The van der Waals surface area contributed by atoms with Crippen LogP contribution in [0.5, 0.6) is 0 Å². The van der Waals surface area contributed by atoms with E-state index in [1.165, 1.54) is 16.7 Å². The van der Waals surface area contributed by atoms with Crippen LogP contribution in [-0.2, 0) is 0 Å². The molecule has 0 radical (unpaired) electrons. The molecule has 1 heterocycles. The Morgan fingerprint density at radius 2 is 2.05 bits per heavy atom. The van der Waals surface area contributed by atoms with Crippen molar-refractivity contribution in [3.05, 3.63) is 54.2 Å². The molecular weight excluding hydrogens is 282 g/mol. The predicted molar refractivity (Wildman–Crippen MR) is 82.0 cm³/mol. The highest BCUT2D eigenvalue weighted by atomic mass is 32.2. The third-order valence-corrected chi connectivity index (χ3v) is 3.92. The third kappa shape index (κ3) is 3.83. The minimum absolute atomic E-state index is 0.0830. The molecule has 1 aromatic heterocycles. The van der Waals surface area contributed by atoms with E-state index in [0.717, 1.165) is 4.90 Å². The molecule has 4 nitrogen and oxygen atoms in total. The molecule has 106 valence electrons. The maximum absolute atomic E-state index is 12.5. The average Bonchev–Trinajstić information content (AvgIpc) is 2.53. The largest absolute Gasteiger partial charge is 0.326 e. The molecule has 1 aromatic carbocycles. The van der Waals surface area contributed by atoms with Crippen molar-refractivity contribution < 1.29 is 4.79 Å². The number of rotatable bonds is 5. The Morgan fingerprint density at radius 1 is 1.29 bits per heavy atom. The number of hydrogen-bond donors (Lipinski definition) is 0. The maximum atomic E-state index is 12.5. The van der Waals surface area contributed by atoms with Crippen LogP contribution < -0.4 is 0 Å². The molecule has 0 bridgehead atoms. The van der Waals surface area contributed by atoms with Crippen molar-refractivity contribution in [3.8, 4) is 6.07 Å². The van der Waals surface area contributed by atoms with Gasteiger partial charge in [-0.05, 0) is 31.2 Å². The number of carbonyl (C=O) groups is 1. The fourth-order valence-corrected chi connectivity index (χ4v) is 2.71. The Labute approximate surface area is 128 Å². The second kappa shape index (κ2) is 7.46. The molecule has 0 spiro atoms. The number of nitriles is 1. The first kappa shape index (κ1) is 15.1. The highest BCUT2D eigenvalue weighted by Crippen LogP contribution is 2.28. The molecule has 0 N–H and O–H groups in total.